The summed E-state index contributed by atoms with van der Waals surface area (Å²) in [5, 5.41) is 1.29. The molecule has 0 bridgehead atoms. The summed E-state index contributed by atoms with van der Waals surface area (Å²) in [4.78, 5) is 3.24. The van der Waals surface area contributed by atoms with E-state index in [0.717, 1.165) is 6.42 Å². The van der Waals surface area contributed by atoms with Crippen LogP contribution in [0.2, 0.25) is 0 Å². The Kier molecular flexibility index (Phi) is 8.16. The molecule has 2 rings (SSSR count). The van der Waals surface area contributed by atoms with Gasteiger partial charge >= 0.3 is 0 Å². The molecule has 2 nitrogen and oxygen atoms in total. The van der Waals surface area contributed by atoms with E-state index in [0.29, 0.717) is 0 Å². The minimum Gasteiger partial charge on any atom is -0.361 e. The highest BCUT2D eigenvalue weighted by atomic mass is 14.7. The molecule has 1 aromatic carbocycles. The Balaban J connectivity index is 0.000000581. The third-order valence-electron chi connectivity index (χ3n) is 2.22. The van der Waals surface area contributed by atoms with Crippen LogP contribution in [0.5, 0.6) is 0 Å². The molecule has 0 saturated carbocycles. The van der Waals surface area contributed by atoms with Crippen molar-refractivity contribution in [2.24, 2.45) is 5.73 Å². The molecule has 0 fully saturated rings. The molecule has 1 aromatic heterocycles. The lowest BCUT2D eigenvalue weighted by Gasteiger charge is -2.02. The maximum atomic E-state index is 5.76. The summed E-state index contributed by atoms with van der Waals surface area (Å²) in [6.07, 6.45) is 2.98. The number of para-hydroxylation sites is 1. The summed E-state index contributed by atoms with van der Waals surface area (Å²) in [6.45, 7) is 10.0. The fourth-order valence-corrected chi connectivity index (χ4v) is 1.65. The summed E-state index contributed by atoms with van der Waals surface area (Å²) in [7, 11) is 0. The highest BCUT2D eigenvalue weighted by molar-refractivity contribution is 5.83. The topological polar surface area (TPSA) is 41.8 Å². The van der Waals surface area contributed by atoms with Crippen LogP contribution in [0.25, 0.3) is 10.9 Å². The van der Waals surface area contributed by atoms with Crippen molar-refractivity contribution in [2.75, 3.05) is 0 Å². The number of rotatable bonds is 2. The van der Waals surface area contributed by atoms with Gasteiger partial charge in [0, 0.05) is 23.1 Å². The second kappa shape index (κ2) is 8.82. The Labute approximate surface area is 105 Å². The van der Waals surface area contributed by atoms with Crippen molar-refractivity contribution in [1.29, 1.82) is 0 Å². The molecule has 1 heterocycles. The van der Waals surface area contributed by atoms with Crippen molar-refractivity contribution in [3.05, 3.63) is 36.0 Å². The largest absolute Gasteiger partial charge is 0.361 e. The van der Waals surface area contributed by atoms with E-state index in [1.807, 2.05) is 46.9 Å². The number of H-pyrrole nitrogens is 1. The van der Waals surface area contributed by atoms with E-state index in [1.54, 1.807) is 0 Å². The highest BCUT2D eigenvalue weighted by Gasteiger charge is 2.03. The smallest absolute Gasteiger partial charge is 0.0456 e. The molecule has 17 heavy (non-hydrogen) atoms. The molecule has 0 saturated heterocycles. The van der Waals surface area contributed by atoms with Gasteiger partial charge in [0.15, 0.2) is 0 Å². The lowest BCUT2D eigenvalue weighted by molar-refractivity contribution is 0.741. The van der Waals surface area contributed by atoms with Crippen LogP contribution in [-0.2, 0) is 6.42 Å². The summed E-state index contributed by atoms with van der Waals surface area (Å²) >= 11 is 0. The SMILES string of the molecule is CC.CC.C[C@H](N)Cc1c[nH]c2ccccc12. The second-order valence-electron chi connectivity index (χ2n) is 3.54. The molecule has 0 amide bonds. The number of fused-ring (bicyclic) bond motifs is 1. The van der Waals surface area contributed by atoms with E-state index in [1.165, 1.54) is 16.5 Å². The van der Waals surface area contributed by atoms with Gasteiger partial charge in [-0.2, -0.15) is 0 Å². The molecule has 0 aliphatic rings. The minimum atomic E-state index is 0.221. The number of aromatic amines is 1. The molecule has 2 heteroatoms. The fraction of sp³-hybridized carbons (Fsp3) is 0.467. The van der Waals surface area contributed by atoms with Gasteiger partial charge in [-0.15, -0.1) is 0 Å². The first-order chi connectivity index (χ1) is 8.27. The average molecular weight is 234 g/mol. The van der Waals surface area contributed by atoms with E-state index in [4.69, 9.17) is 5.73 Å². The number of benzene rings is 1. The summed E-state index contributed by atoms with van der Waals surface area (Å²) in [5.41, 5.74) is 8.26. The number of hydrogen-bond acceptors (Lipinski definition) is 1. The molecule has 3 N–H and O–H groups in total. The molecule has 0 aliphatic heterocycles. The van der Waals surface area contributed by atoms with Crippen molar-refractivity contribution in [3.8, 4) is 0 Å². The Morgan fingerprint density at radius 2 is 1.71 bits per heavy atom. The molecular formula is C15H26N2. The maximum Gasteiger partial charge on any atom is 0.0456 e. The van der Waals surface area contributed by atoms with Gasteiger partial charge in [-0.25, -0.2) is 0 Å². The van der Waals surface area contributed by atoms with Crippen LogP contribution in [-0.4, -0.2) is 11.0 Å². The summed E-state index contributed by atoms with van der Waals surface area (Å²) in [5.74, 6) is 0. The maximum absolute atomic E-state index is 5.76. The van der Waals surface area contributed by atoms with Crippen molar-refractivity contribution >= 4 is 10.9 Å². The molecule has 96 valence electrons. The van der Waals surface area contributed by atoms with Gasteiger partial charge in [0.2, 0.25) is 0 Å². The van der Waals surface area contributed by atoms with Crippen LogP contribution >= 0.6 is 0 Å². The number of nitrogens with one attached hydrogen (secondary N) is 1. The predicted octanol–water partition coefficient (Wildman–Crippen LogP) is 4.11. The zero-order chi connectivity index (χ0) is 13.3. The van der Waals surface area contributed by atoms with E-state index in [9.17, 15) is 0 Å². The molecular weight excluding hydrogens is 208 g/mol. The van der Waals surface area contributed by atoms with Crippen molar-refractivity contribution in [2.45, 2.75) is 47.1 Å². The van der Waals surface area contributed by atoms with E-state index in [2.05, 4.69) is 23.2 Å². The third kappa shape index (κ3) is 4.61. The Morgan fingerprint density at radius 1 is 1.12 bits per heavy atom. The predicted molar refractivity (Wildman–Crippen MR) is 78.3 cm³/mol. The van der Waals surface area contributed by atoms with Gasteiger partial charge in [0.25, 0.3) is 0 Å². The van der Waals surface area contributed by atoms with Crippen LogP contribution in [0.1, 0.15) is 40.2 Å². The normalized spacial score (nSPS) is 10.9. The van der Waals surface area contributed by atoms with Crippen LogP contribution in [0, 0.1) is 0 Å². The standard InChI is InChI=1S/C11H14N2.2C2H6/c1-8(12)6-9-7-13-11-5-3-2-4-10(9)11;2*1-2/h2-5,7-8,13H,6,12H2,1H3;2*1-2H3/t8-;;/m0../s1. The number of hydrogen-bond donors (Lipinski definition) is 2. The molecule has 0 aliphatic carbocycles. The van der Waals surface area contributed by atoms with Gasteiger partial charge in [0.05, 0.1) is 0 Å². The first-order valence-electron chi connectivity index (χ1n) is 6.58. The zero-order valence-corrected chi connectivity index (χ0v) is 11.7. The van der Waals surface area contributed by atoms with Crippen LogP contribution in [0.3, 0.4) is 0 Å². The Morgan fingerprint density at radius 3 is 2.29 bits per heavy atom. The fourth-order valence-electron chi connectivity index (χ4n) is 1.65. The number of nitrogens with two attached hydrogens (primary N) is 1. The molecule has 0 spiro atoms. The molecule has 0 radical (unpaired) electrons. The minimum absolute atomic E-state index is 0.221. The zero-order valence-electron chi connectivity index (χ0n) is 11.7. The van der Waals surface area contributed by atoms with Crippen molar-refractivity contribution in [1.82, 2.24) is 4.98 Å². The monoisotopic (exact) mass is 234 g/mol. The van der Waals surface area contributed by atoms with Crippen LogP contribution in [0.15, 0.2) is 30.5 Å². The van der Waals surface area contributed by atoms with Crippen LogP contribution in [0.4, 0.5) is 0 Å². The van der Waals surface area contributed by atoms with Gasteiger partial charge in [0.1, 0.15) is 0 Å². The third-order valence-corrected chi connectivity index (χ3v) is 2.22. The summed E-state index contributed by atoms with van der Waals surface area (Å²) in [6, 6.07) is 8.53. The highest BCUT2D eigenvalue weighted by Crippen LogP contribution is 2.18. The second-order valence-corrected chi connectivity index (χ2v) is 3.54. The lowest BCUT2D eigenvalue weighted by Crippen LogP contribution is -2.17. The molecule has 2 aromatic rings. The molecule has 0 unspecified atom stereocenters. The van der Waals surface area contributed by atoms with Gasteiger partial charge in [-0.1, -0.05) is 45.9 Å². The quantitative estimate of drug-likeness (QED) is 0.806. The first kappa shape index (κ1) is 15.7. The van der Waals surface area contributed by atoms with E-state index >= 15 is 0 Å². The number of aromatic nitrogens is 1. The lowest BCUT2D eigenvalue weighted by atomic mass is 10.1. The molecule has 1 atom stereocenters. The Hall–Kier alpha value is -1.28. The van der Waals surface area contributed by atoms with Gasteiger partial charge in [-0.3, -0.25) is 0 Å². The van der Waals surface area contributed by atoms with Gasteiger partial charge in [-0.05, 0) is 25.0 Å². The average Bonchev–Trinajstić information content (AvgIpc) is 2.77. The van der Waals surface area contributed by atoms with Gasteiger partial charge < -0.3 is 10.7 Å². The van der Waals surface area contributed by atoms with Crippen LogP contribution < -0.4 is 5.73 Å². The first-order valence-corrected chi connectivity index (χ1v) is 6.58. The van der Waals surface area contributed by atoms with Crippen molar-refractivity contribution < 1.29 is 0 Å². The van der Waals surface area contributed by atoms with E-state index in [-0.39, 0.29) is 6.04 Å². The van der Waals surface area contributed by atoms with Crippen molar-refractivity contribution in [3.63, 3.8) is 0 Å². The Bertz CT molecular complexity index is 402. The summed E-state index contributed by atoms with van der Waals surface area (Å²) < 4.78 is 0. The van der Waals surface area contributed by atoms with E-state index < -0.39 is 0 Å².